The molecule has 0 bridgehead atoms. The van der Waals surface area contributed by atoms with Crippen LogP contribution in [-0.4, -0.2) is 71.8 Å². The molecule has 3 aromatic heterocycles. The van der Waals surface area contributed by atoms with E-state index in [0.29, 0.717) is 32.7 Å². The van der Waals surface area contributed by atoms with Crippen LogP contribution < -0.4 is 4.73 Å². The number of H-pyrrole nitrogens is 1. The number of carbonyl (C=O) groups is 1. The van der Waals surface area contributed by atoms with E-state index in [-0.39, 0.29) is 49.5 Å². The van der Waals surface area contributed by atoms with Crippen LogP contribution in [0.5, 0.6) is 0 Å². The number of hydrogen-bond acceptors (Lipinski definition) is 7. The molecule has 0 spiro atoms. The number of sulfonamides is 1. The lowest BCUT2D eigenvalue weighted by atomic mass is 10.1. The smallest absolute Gasteiger partial charge is 0.291 e. The molecule has 38 heavy (non-hydrogen) atoms. The first-order valence-electron chi connectivity index (χ1n) is 11.8. The van der Waals surface area contributed by atoms with Gasteiger partial charge in [0.15, 0.2) is 16.9 Å². The van der Waals surface area contributed by atoms with Gasteiger partial charge in [0.05, 0.1) is 6.61 Å². The summed E-state index contributed by atoms with van der Waals surface area (Å²) in [6, 6.07) is 8.50. The molecule has 0 unspecified atom stereocenters. The van der Waals surface area contributed by atoms with E-state index < -0.39 is 10.0 Å². The molecule has 1 aromatic carbocycles. The SMILES string of the molecule is COCc1c(S(=O)(=O)N2CCN(C(=O)c3ncc(-c4cc[n+]([O-])c(C)c4)cn3)CC2)[nH]c2ccc(Cl)cc12. The topological polar surface area (TPSA) is 135 Å². The third-order valence-corrected chi connectivity index (χ3v) is 8.66. The fourth-order valence-electron chi connectivity index (χ4n) is 4.47. The van der Waals surface area contributed by atoms with E-state index in [0.717, 1.165) is 10.3 Å². The Labute approximate surface area is 224 Å². The summed E-state index contributed by atoms with van der Waals surface area (Å²) in [5.74, 6) is -0.359. The molecule has 1 saturated heterocycles. The zero-order valence-corrected chi connectivity index (χ0v) is 22.3. The Balaban J connectivity index is 1.30. The Kier molecular flexibility index (Phi) is 7.05. The highest BCUT2D eigenvalue weighted by Crippen LogP contribution is 2.31. The Bertz CT molecular complexity index is 1620. The summed E-state index contributed by atoms with van der Waals surface area (Å²) in [5, 5.41) is 12.8. The quantitative estimate of drug-likeness (QED) is 0.285. The van der Waals surface area contributed by atoms with Crippen LogP contribution in [0.25, 0.3) is 22.0 Å². The third kappa shape index (κ3) is 4.83. The lowest BCUT2D eigenvalue weighted by molar-refractivity contribution is -0.612. The highest BCUT2D eigenvalue weighted by Gasteiger charge is 2.34. The lowest BCUT2D eigenvalue weighted by Gasteiger charge is -2.33. The molecular formula is C25H25ClN6O5S. The number of aryl methyl sites for hydroxylation is 1. The Morgan fingerprint density at radius 2 is 1.84 bits per heavy atom. The molecule has 13 heteroatoms. The average Bonchev–Trinajstić information content (AvgIpc) is 3.28. The Morgan fingerprint density at radius 1 is 1.13 bits per heavy atom. The van der Waals surface area contributed by atoms with E-state index in [4.69, 9.17) is 16.3 Å². The normalized spacial score (nSPS) is 14.8. The first-order valence-corrected chi connectivity index (χ1v) is 13.6. The molecule has 4 aromatic rings. The number of hydrogen-bond donors (Lipinski definition) is 1. The number of fused-ring (bicyclic) bond motifs is 1. The van der Waals surface area contributed by atoms with Gasteiger partial charge in [0.2, 0.25) is 5.82 Å². The van der Waals surface area contributed by atoms with Crippen molar-refractivity contribution in [1.29, 1.82) is 0 Å². The van der Waals surface area contributed by atoms with Crippen molar-refractivity contribution in [2.45, 2.75) is 18.6 Å². The standard InChI is InChI=1S/C25H25ClN6O5S/c1-16-11-17(5-6-32(16)34)18-13-27-23(28-14-18)25(33)30-7-9-31(10-8-30)38(35,36)24-21(15-37-2)20-12-19(26)3-4-22(20)29-24/h3-6,11-14,29H,7-10,15H2,1-2H3. The van der Waals surface area contributed by atoms with E-state index in [9.17, 15) is 18.4 Å². The number of benzene rings is 1. The zero-order chi connectivity index (χ0) is 27.0. The highest BCUT2D eigenvalue weighted by atomic mass is 35.5. The van der Waals surface area contributed by atoms with Crippen LogP contribution in [-0.2, 0) is 21.4 Å². The number of pyridine rings is 1. The Morgan fingerprint density at radius 3 is 2.50 bits per heavy atom. The first kappa shape index (κ1) is 26.0. The van der Waals surface area contributed by atoms with Crippen LogP contribution in [0.4, 0.5) is 0 Å². The number of nitrogens with one attached hydrogen (secondary N) is 1. The fourth-order valence-corrected chi connectivity index (χ4v) is 6.27. The van der Waals surface area contributed by atoms with Crippen LogP contribution in [0.3, 0.4) is 0 Å². The van der Waals surface area contributed by atoms with Gasteiger partial charge in [0, 0.05) is 91.8 Å². The number of ether oxygens (including phenoxy) is 1. The number of aromatic nitrogens is 4. The molecular weight excluding hydrogens is 532 g/mol. The van der Waals surface area contributed by atoms with Gasteiger partial charge in [0.25, 0.3) is 15.9 Å². The molecule has 11 nitrogen and oxygen atoms in total. The van der Waals surface area contributed by atoms with E-state index >= 15 is 0 Å². The minimum Gasteiger partial charge on any atom is -0.619 e. The predicted molar refractivity (Wildman–Crippen MR) is 140 cm³/mol. The second-order valence-corrected chi connectivity index (χ2v) is 11.2. The van der Waals surface area contributed by atoms with E-state index in [1.165, 1.54) is 34.9 Å². The van der Waals surface area contributed by atoms with Crippen LogP contribution in [0.15, 0.2) is 53.9 Å². The molecule has 0 radical (unpaired) electrons. The molecule has 5 rings (SSSR count). The van der Waals surface area contributed by atoms with Gasteiger partial charge in [-0.2, -0.15) is 9.04 Å². The number of amides is 1. The number of aromatic amines is 1. The Hall–Kier alpha value is -3.58. The van der Waals surface area contributed by atoms with Gasteiger partial charge in [0.1, 0.15) is 0 Å². The summed E-state index contributed by atoms with van der Waals surface area (Å²) < 4.78 is 34.5. The average molecular weight is 557 g/mol. The van der Waals surface area contributed by atoms with Crippen molar-refractivity contribution in [1.82, 2.24) is 24.2 Å². The van der Waals surface area contributed by atoms with E-state index in [1.54, 1.807) is 37.3 Å². The summed E-state index contributed by atoms with van der Waals surface area (Å²) in [4.78, 5) is 26.0. The predicted octanol–water partition coefficient (Wildman–Crippen LogP) is 2.51. The van der Waals surface area contributed by atoms with Crippen LogP contribution >= 0.6 is 11.6 Å². The summed E-state index contributed by atoms with van der Waals surface area (Å²) in [5.41, 5.74) is 3.12. The van der Waals surface area contributed by atoms with E-state index in [1.807, 2.05) is 0 Å². The van der Waals surface area contributed by atoms with Gasteiger partial charge in [-0.25, -0.2) is 18.4 Å². The minimum atomic E-state index is -3.88. The number of nitrogens with zero attached hydrogens (tertiary/aromatic N) is 5. The molecule has 0 atom stereocenters. The minimum absolute atomic E-state index is 0.0199. The zero-order valence-electron chi connectivity index (χ0n) is 20.7. The molecule has 0 saturated carbocycles. The first-order chi connectivity index (χ1) is 18.2. The van der Waals surface area contributed by atoms with Gasteiger partial charge in [-0.15, -0.1) is 0 Å². The summed E-state index contributed by atoms with van der Waals surface area (Å²) >= 11 is 6.14. The maximum Gasteiger partial charge on any atom is 0.291 e. The monoisotopic (exact) mass is 556 g/mol. The largest absolute Gasteiger partial charge is 0.619 e. The third-order valence-electron chi connectivity index (χ3n) is 6.52. The van der Waals surface area contributed by atoms with Crippen LogP contribution in [0.2, 0.25) is 5.02 Å². The van der Waals surface area contributed by atoms with Crippen molar-refractivity contribution in [2.24, 2.45) is 0 Å². The van der Waals surface area contributed by atoms with Crippen molar-refractivity contribution in [2.75, 3.05) is 33.3 Å². The number of piperazine rings is 1. The van der Waals surface area contributed by atoms with Crippen molar-refractivity contribution >= 4 is 38.4 Å². The van der Waals surface area contributed by atoms with Gasteiger partial charge >= 0.3 is 0 Å². The summed E-state index contributed by atoms with van der Waals surface area (Å²) in [6.45, 7) is 2.41. The molecule has 4 heterocycles. The van der Waals surface area contributed by atoms with Gasteiger partial charge < -0.3 is 19.8 Å². The van der Waals surface area contributed by atoms with Crippen LogP contribution in [0, 0.1) is 12.1 Å². The number of rotatable bonds is 6. The lowest BCUT2D eigenvalue weighted by Crippen LogP contribution is -2.50. The van der Waals surface area contributed by atoms with Crippen molar-refractivity contribution in [3.63, 3.8) is 0 Å². The fraction of sp³-hybridized carbons (Fsp3) is 0.280. The van der Waals surface area contributed by atoms with Gasteiger partial charge in [-0.3, -0.25) is 4.79 Å². The number of methoxy groups -OCH3 is 1. The second kappa shape index (κ2) is 10.3. The molecule has 1 N–H and O–H groups in total. The maximum absolute atomic E-state index is 13.6. The van der Waals surface area contributed by atoms with Crippen molar-refractivity contribution in [3.8, 4) is 11.1 Å². The molecule has 198 valence electrons. The van der Waals surface area contributed by atoms with Crippen LogP contribution in [0.1, 0.15) is 21.9 Å². The second-order valence-electron chi connectivity index (χ2n) is 8.93. The summed E-state index contributed by atoms with van der Waals surface area (Å²) in [6.07, 6.45) is 4.47. The highest BCUT2D eigenvalue weighted by molar-refractivity contribution is 7.89. The van der Waals surface area contributed by atoms with Gasteiger partial charge in [-0.05, 0) is 23.8 Å². The van der Waals surface area contributed by atoms with E-state index in [2.05, 4.69) is 15.0 Å². The molecule has 1 fully saturated rings. The molecule has 1 amide bonds. The van der Waals surface area contributed by atoms with Crippen molar-refractivity contribution in [3.05, 3.63) is 76.2 Å². The molecule has 1 aliphatic heterocycles. The number of carbonyl (C=O) groups excluding carboxylic acids is 1. The maximum atomic E-state index is 13.6. The summed E-state index contributed by atoms with van der Waals surface area (Å²) in [7, 11) is -2.38. The number of halogens is 1. The molecule has 0 aliphatic carbocycles. The van der Waals surface area contributed by atoms with Gasteiger partial charge in [-0.1, -0.05) is 11.6 Å². The van der Waals surface area contributed by atoms with Crippen molar-refractivity contribution < 1.29 is 22.7 Å². The molecule has 1 aliphatic rings.